The van der Waals surface area contributed by atoms with Gasteiger partial charge in [0.15, 0.2) is 0 Å². The molecule has 0 bridgehead atoms. The van der Waals surface area contributed by atoms with Gasteiger partial charge < -0.3 is 13.3 Å². The Labute approximate surface area is 132 Å². The lowest BCUT2D eigenvalue weighted by Gasteiger charge is -2.34. The monoisotopic (exact) mass is 314 g/mol. The summed E-state index contributed by atoms with van der Waals surface area (Å²) < 4.78 is 17.4. The van der Waals surface area contributed by atoms with Gasteiger partial charge in [-0.25, -0.2) is 0 Å². The lowest BCUT2D eigenvalue weighted by atomic mass is 9.82. The minimum absolute atomic E-state index is 0.387. The second kappa shape index (κ2) is 9.98. The van der Waals surface area contributed by atoms with Crippen LogP contribution in [0.25, 0.3) is 0 Å². The summed E-state index contributed by atoms with van der Waals surface area (Å²) in [4.78, 5) is 0. The zero-order chi connectivity index (χ0) is 14.9. The fraction of sp³-hybridized carbons (Fsp3) is 1.00. The lowest BCUT2D eigenvalue weighted by Crippen LogP contribution is -2.39. The largest absolute Gasteiger partial charge is 0.483 e. The van der Waals surface area contributed by atoms with Crippen LogP contribution in [0.4, 0.5) is 0 Å². The van der Waals surface area contributed by atoms with Crippen molar-refractivity contribution in [3.8, 4) is 0 Å². The van der Waals surface area contributed by atoms with Gasteiger partial charge in [0.2, 0.25) is 0 Å². The molecule has 0 atom stereocenters. The summed E-state index contributed by atoms with van der Waals surface area (Å²) in [7, 11) is 1.55. The molecule has 2 aliphatic carbocycles. The van der Waals surface area contributed by atoms with Crippen LogP contribution in [0.5, 0.6) is 0 Å². The van der Waals surface area contributed by atoms with Crippen LogP contribution >= 0.6 is 0 Å². The standard InChI is InChI=1S/C17H34O3Si/c1-18-21(19-2)20-17(15-11-7-3-4-8-12-15)16-13-9-5-6-10-14-16/h15-17,21H,3-14H2,1-2H3. The zero-order valence-electron chi connectivity index (χ0n) is 14.0. The molecule has 0 saturated heterocycles. The molecule has 0 aliphatic heterocycles. The average Bonchev–Trinajstić information content (AvgIpc) is 2.93. The molecule has 0 N–H and O–H groups in total. The minimum Gasteiger partial charge on any atom is -0.379 e. The molecule has 0 amide bonds. The van der Waals surface area contributed by atoms with E-state index in [4.69, 9.17) is 13.3 Å². The lowest BCUT2D eigenvalue weighted by molar-refractivity contribution is 0.00602. The van der Waals surface area contributed by atoms with Gasteiger partial charge in [-0.3, -0.25) is 0 Å². The van der Waals surface area contributed by atoms with Crippen LogP contribution < -0.4 is 0 Å². The van der Waals surface area contributed by atoms with Gasteiger partial charge >= 0.3 is 9.53 Å². The molecule has 0 radical (unpaired) electrons. The van der Waals surface area contributed by atoms with Crippen molar-refractivity contribution in [1.82, 2.24) is 0 Å². The van der Waals surface area contributed by atoms with Crippen molar-refractivity contribution in [2.24, 2.45) is 11.8 Å². The van der Waals surface area contributed by atoms with Crippen molar-refractivity contribution < 1.29 is 13.3 Å². The minimum atomic E-state index is -1.92. The van der Waals surface area contributed by atoms with E-state index in [1.54, 1.807) is 14.2 Å². The maximum atomic E-state index is 6.43. The van der Waals surface area contributed by atoms with Gasteiger partial charge in [-0.15, -0.1) is 0 Å². The second-order valence-corrected chi connectivity index (χ2v) is 8.66. The van der Waals surface area contributed by atoms with Crippen LogP contribution in [-0.4, -0.2) is 29.9 Å². The number of hydrogen-bond donors (Lipinski definition) is 0. The first-order valence-corrected chi connectivity index (χ1v) is 10.5. The van der Waals surface area contributed by atoms with Gasteiger partial charge in [0.05, 0.1) is 6.10 Å². The zero-order valence-corrected chi connectivity index (χ0v) is 15.2. The Kier molecular flexibility index (Phi) is 8.29. The molecule has 2 fully saturated rings. The van der Waals surface area contributed by atoms with E-state index in [1.165, 1.54) is 77.0 Å². The maximum Gasteiger partial charge on any atom is 0.483 e. The van der Waals surface area contributed by atoms with Gasteiger partial charge in [-0.2, -0.15) is 0 Å². The van der Waals surface area contributed by atoms with Gasteiger partial charge in [-0.05, 0) is 37.5 Å². The third kappa shape index (κ3) is 5.66. The number of rotatable bonds is 6. The molecule has 3 nitrogen and oxygen atoms in total. The second-order valence-electron chi connectivity index (χ2n) is 6.86. The van der Waals surface area contributed by atoms with Crippen LogP contribution in [0.2, 0.25) is 0 Å². The van der Waals surface area contributed by atoms with E-state index in [2.05, 4.69) is 0 Å². The summed E-state index contributed by atoms with van der Waals surface area (Å²) in [6, 6.07) is 0. The highest BCUT2D eigenvalue weighted by molar-refractivity contribution is 6.36. The predicted octanol–water partition coefficient (Wildman–Crippen LogP) is 4.32. The van der Waals surface area contributed by atoms with E-state index in [1.807, 2.05) is 0 Å². The molecule has 2 aliphatic rings. The topological polar surface area (TPSA) is 27.7 Å². The number of hydrogen-bond acceptors (Lipinski definition) is 3. The Balaban J connectivity index is 2.03. The van der Waals surface area contributed by atoms with Crippen molar-refractivity contribution in [3.63, 3.8) is 0 Å². The molecule has 0 spiro atoms. The van der Waals surface area contributed by atoms with Gasteiger partial charge in [0.25, 0.3) is 0 Å². The summed E-state index contributed by atoms with van der Waals surface area (Å²) in [5.41, 5.74) is 0. The van der Waals surface area contributed by atoms with Crippen LogP contribution in [0.3, 0.4) is 0 Å². The quantitative estimate of drug-likeness (QED) is 0.540. The first-order valence-electron chi connectivity index (χ1n) is 9.06. The summed E-state index contributed by atoms with van der Waals surface area (Å²) >= 11 is 0. The smallest absolute Gasteiger partial charge is 0.379 e. The SMILES string of the molecule is CO[SiH](OC)OC(C1CCCCCC1)C1CCCCCC1. The molecule has 2 rings (SSSR count). The summed E-state index contributed by atoms with van der Waals surface area (Å²) in [6.07, 6.45) is 16.9. The fourth-order valence-electron chi connectivity index (χ4n) is 4.22. The van der Waals surface area contributed by atoms with Gasteiger partial charge in [-0.1, -0.05) is 51.4 Å². The Morgan fingerprint density at radius 1 is 0.667 bits per heavy atom. The van der Waals surface area contributed by atoms with Gasteiger partial charge in [0.1, 0.15) is 0 Å². The highest BCUT2D eigenvalue weighted by Crippen LogP contribution is 2.36. The molecule has 21 heavy (non-hydrogen) atoms. The fourth-order valence-corrected chi connectivity index (χ4v) is 5.34. The molecule has 124 valence electrons. The van der Waals surface area contributed by atoms with Crippen LogP contribution in [0, 0.1) is 11.8 Å². The highest BCUT2D eigenvalue weighted by atomic mass is 28.3. The van der Waals surface area contributed by atoms with Gasteiger partial charge in [0, 0.05) is 14.2 Å². The maximum absolute atomic E-state index is 6.43. The summed E-state index contributed by atoms with van der Waals surface area (Å²) in [6.45, 7) is 0. The Hall–Kier alpha value is 0.0969. The van der Waals surface area contributed by atoms with E-state index in [9.17, 15) is 0 Å². The van der Waals surface area contributed by atoms with E-state index in [0.717, 1.165) is 11.8 Å². The molecule has 0 heterocycles. The highest BCUT2D eigenvalue weighted by Gasteiger charge is 2.33. The van der Waals surface area contributed by atoms with Crippen LogP contribution in [-0.2, 0) is 13.3 Å². The summed E-state index contributed by atoms with van der Waals surface area (Å²) in [5, 5.41) is 0. The van der Waals surface area contributed by atoms with E-state index >= 15 is 0 Å². The summed E-state index contributed by atoms with van der Waals surface area (Å²) in [5.74, 6) is 1.46. The van der Waals surface area contributed by atoms with Crippen molar-refractivity contribution in [1.29, 1.82) is 0 Å². The molecule has 0 aromatic carbocycles. The van der Waals surface area contributed by atoms with Crippen LogP contribution in [0.15, 0.2) is 0 Å². The van der Waals surface area contributed by atoms with Crippen molar-refractivity contribution >= 4 is 9.53 Å². The Morgan fingerprint density at radius 2 is 1.05 bits per heavy atom. The van der Waals surface area contributed by atoms with E-state index in [-0.39, 0.29) is 0 Å². The molecular weight excluding hydrogens is 280 g/mol. The molecule has 0 aromatic heterocycles. The van der Waals surface area contributed by atoms with E-state index in [0.29, 0.717) is 6.10 Å². The third-order valence-electron chi connectivity index (χ3n) is 5.38. The molecule has 0 aromatic rings. The Bertz CT molecular complexity index is 235. The molecule has 0 unspecified atom stereocenters. The molecular formula is C17H34O3Si. The molecule has 2 saturated carbocycles. The van der Waals surface area contributed by atoms with Crippen LogP contribution in [0.1, 0.15) is 77.0 Å². The first-order chi connectivity index (χ1) is 10.3. The third-order valence-corrected chi connectivity index (χ3v) is 6.69. The first kappa shape index (κ1) is 17.5. The van der Waals surface area contributed by atoms with Crippen molar-refractivity contribution in [3.05, 3.63) is 0 Å². The van der Waals surface area contributed by atoms with Crippen molar-refractivity contribution in [2.45, 2.75) is 83.2 Å². The normalized spacial score (nSPS) is 23.4. The molecule has 4 heteroatoms. The average molecular weight is 315 g/mol. The Morgan fingerprint density at radius 3 is 1.38 bits per heavy atom. The van der Waals surface area contributed by atoms with E-state index < -0.39 is 9.53 Å². The van der Waals surface area contributed by atoms with Crippen molar-refractivity contribution in [2.75, 3.05) is 14.2 Å². The predicted molar refractivity (Wildman–Crippen MR) is 88.4 cm³/mol.